The maximum Gasteiger partial charge on any atom is 0.270 e. The molecule has 138 valence electrons. The molecule has 1 saturated heterocycles. The summed E-state index contributed by atoms with van der Waals surface area (Å²) < 4.78 is 5.32. The van der Waals surface area contributed by atoms with E-state index in [0.717, 1.165) is 11.3 Å². The molecule has 0 aliphatic carbocycles. The molecule has 1 aliphatic heterocycles. The van der Waals surface area contributed by atoms with Gasteiger partial charge in [0.05, 0.1) is 12.8 Å². The highest BCUT2D eigenvalue weighted by atomic mass is 32.1. The molecular weight excluding hydrogens is 362 g/mol. The van der Waals surface area contributed by atoms with E-state index >= 15 is 0 Å². The lowest BCUT2D eigenvalue weighted by Gasteiger charge is -2.29. The summed E-state index contributed by atoms with van der Waals surface area (Å²) in [6, 6.07) is 14.5. The smallest absolute Gasteiger partial charge is 0.270 e. The third-order valence-corrected chi connectivity index (χ3v) is 4.43. The van der Waals surface area contributed by atoms with Crippen molar-refractivity contribution in [3.8, 4) is 5.75 Å². The quantitative estimate of drug-likeness (QED) is 0.501. The van der Waals surface area contributed by atoms with Crippen molar-refractivity contribution in [3.63, 3.8) is 0 Å². The Kier molecular flexibility index (Phi) is 5.23. The first kappa shape index (κ1) is 18.6. The first-order valence-corrected chi connectivity index (χ1v) is 8.65. The Hall–Kier alpha value is -3.19. The first-order chi connectivity index (χ1) is 12.9. The molecule has 1 aliphatic rings. The van der Waals surface area contributed by atoms with E-state index in [2.05, 4.69) is 5.32 Å². The fraction of sp³-hybridized carbons (Fsp3) is 0.150. The molecule has 0 bridgehead atoms. The SMILES string of the molecule is COc1ccccc1N1C(=O)/C(=C\c2ccc(N(C)C)cc2)C(=O)NC1=S. The van der Waals surface area contributed by atoms with Crippen LogP contribution in [0.2, 0.25) is 0 Å². The molecule has 2 aromatic carbocycles. The number of nitrogens with zero attached hydrogens (tertiary/aromatic N) is 2. The normalized spacial score (nSPS) is 15.7. The minimum atomic E-state index is -0.521. The average Bonchev–Trinajstić information content (AvgIpc) is 2.65. The molecule has 7 heteroatoms. The number of carbonyl (C=O) groups excluding carboxylic acids is 2. The Labute approximate surface area is 163 Å². The molecule has 0 radical (unpaired) electrons. The lowest BCUT2D eigenvalue weighted by atomic mass is 10.1. The minimum absolute atomic E-state index is 0.00658. The molecule has 0 unspecified atom stereocenters. The molecule has 27 heavy (non-hydrogen) atoms. The largest absolute Gasteiger partial charge is 0.495 e. The fourth-order valence-electron chi connectivity index (χ4n) is 2.73. The lowest BCUT2D eigenvalue weighted by Crippen LogP contribution is -2.54. The average molecular weight is 381 g/mol. The van der Waals surface area contributed by atoms with Crippen LogP contribution in [-0.4, -0.2) is 38.1 Å². The molecule has 0 saturated carbocycles. The Morgan fingerprint density at radius 2 is 1.74 bits per heavy atom. The lowest BCUT2D eigenvalue weighted by molar-refractivity contribution is -0.122. The van der Waals surface area contributed by atoms with E-state index in [4.69, 9.17) is 17.0 Å². The predicted molar refractivity (Wildman–Crippen MR) is 110 cm³/mol. The van der Waals surface area contributed by atoms with E-state index < -0.39 is 11.8 Å². The zero-order chi connectivity index (χ0) is 19.6. The molecule has 1 N–H and O–H groups in total. The summed E-state index contributed by atoms with van der Waals surface area (Å²) in [5.41, 5.74) is 2.25. The maximum absolute atomic E-state index is 13.0. The zero-order valence-electron chi connectivity index (χ0n) is 15.2. The van der Waals surface area contributed by atoms with Crippen molar-refractivity contribution in [3.05, 3.63) is 59.7 Å². The van der Waals surface area contributed by atoms with Crippen LogP contribution in [0.3, 0.4) is 0 Å². The van der Waals surface area contributed by atoms with Gasteiger partial charge in [-0.25, -0.2) is 4.90 Å². The highest BCUT2D eigenvalue weighted by Crippen LogP contribution is 2.30. The molecule has 6 nitrogen and oxygen atoms in total. The van der Waals surface area contributed by atoms with E-state index in [1.807, 2.05) is 43.3 Å². The van der Waals surface area contributed by atoms with Crippen molar-refractivity contribution in [2.45, 2.75) is 0 Å². The van der Waals surface area contributed by atoms with Crippen molar-refractivity contribution in [2.75, 3.05) is 31.0 Å². The number of carbonyl (C=O) groups is 2. The van der Waals surface area contributed by atoms with Crippen LogP contribution in [0.25, 0.3) is 6.08 Å². The van der Waals surface area contributed by atoms with E-state index in [9.17, 15) is 9.59 Å². The van der Waals surface area contributed by atoms with E-state index in [-0.39, 0.29) is 10.7 Å². The van der Waals surface area contributed by atoms with Crippen LogP contribution in [0.15, 0.2) is 54.1 Å². The maximum atomic E-state index is 13.0. The third-order valence-electron chi connectivity index (χ3n) is 4.15. The van der Waals surface area contributed by atoms with Gasteiger partial charge in [-0.1, -0.05) is 24.3 Å². The summed E-state index contributed by atoms with van der Waals surface area (Å²) in [6.07, 6.45) is 1.56. The van der Waals surface area contributed by atoms with Gasteiger partial charge in [0.25, 0.3) is 11.8 Å². The number of thiocarbonyl (C=S) groups is 1. The minimum Gasteiger partial charge on any atom is -0.495 e. The summed E-state index contributed by atoms with van der Waals surface area (Å²) in [7, 11) is 5.40. The van der Waals surface area contributed by atoms with Gasteiger partial charge >= 0.3 is 0 Å². The predicted octanol–water partition coefficient (Wildman–Crippen LogP) is 2.59. The summed E-state index contributed by atoms with van der Waals surface area (Å²) in [5, 5.41) is 2.60. The van der Waals surface area contributed by atoms with Crippen molar-refractivity contribution in [1.29, 1.82) is 0 Å². The Morgan fingerprint density at radius 1 is 1.07 bits per heavy atom. The highest BCUT2D eigenvalue weighted by Gasteiger charge is 2.35. The van der Waals surface area contributed by atoms with Gasteiger partial charge in [0.1, 0.15) is 11.3 Å². The molecule has 2 amide bonds. The van der Waals surface area contributed by atoms with E-state index in [1.54, 1.807) is 30.3 Å². The van der Waals surface area contributed by atoms with Gasteiger partial charge in [0, 0.05) is 19.8 Å². The van der Waals surface area contributed by atoms with Crippen LogP contribution < -0.4 is 19.9 Å². The Balaban J connectivity index is 1.99. The van der Waals surface area contributed by atoms with Crippen molar-refractivity contribution in [2.24, 2.45) is 0 Å². The van der Waals surface area contributed by atoms with Gasteiger partial charge in [-0.3, -0.25) is 14.9 Å². The first-order valence-electron chi connectivity index (χ1n) is 8.24. The number of hydrogen-bond acceptors (Lipinski definition) is 5. The summed E-state index contributed by atoms with van der Waals surface area (Å²) in [5.74, 6) is -0.531. The molecule has 3 rings (SSSR count). The molecular formula is C20H19N3O3S. The van der Waals surface area contributed by atoms with Crippen molar-refractivity contribution >= 4 is 46.6 Å². The number of anilines is 2. The molecule has 2 aromatic rings. The monoisotopic (exact) mass is 381 g/mol. The van der Waals surface area contributed by atoms with Gasteiger partial charge < -0.3 is 9.64 Å². The van der Waals surface area contributed by atoms with Gasteiger partial charge in [0.2, 0.25) is 0 Å². The number of benzene rings is 2. The standard InChI is InChI=1S/C20H19N3O3S/c1-22(2)14-10-8-13(9-11-14)12-15-18(24)21-20(27)23(19(15)25)16-6-4-5-7-17(16)26-3/h4-12H,1-3H3,(H,21,24,27)/b15-12-. The molecule has 0 spiro atoms. The van der Waals surface area contributed by atoms with Crippen molar-refractivity contribution in [1.82, 2.24) is 5.32 Å². The van der Waals surface area contributed by atoms with Gasteiger partial charge in [-0.05, 0) is 48.1 Å². The number of rotatable bonds is 4. The van der Waals surface area contributed by atoms with Crippen molar-refractivity contribution < 1.29 is 14.3 Å². The van der Waals surface area contributed by atoms with Crippen LogP contribution in [0.4, 0.5) is 11.4 Å². The number of ether oxygens (including phenoxy) is 1. The molecule has 1 fully saturated rings. The highest BCUT2D eigenvalue weighted by molar-refractivity contribution is 7.80. The second-order valence-corrected chi connectivity index (χ2v) is 6.50. The van der Waals surface area contributed by atoms with E-state index in [1.165, 1.54) is 12.0 Å². The molecule has 0 aromatic heterocycles. The van der Waals surface area contributed by atoms with Crippen LogP contribution in [-0.2, 0) is 9.59 Å². The van der Waals surface area contributed by atoms with Crippen LogP contribution in [0.1, 0.15) is 5.56 Å². The molecule has 0 atom stereocenters. The number of nitrogens with one attached hydrogen (secondary N) is 1. The number of methoxy groups -OCH3 is 1. The second-order valence-electron chi connectivity index (χ2n) is 6.12. The van der Waals surface area contributed by atoms with Gasteiger partial charge in [-0.15, -0.1) is 0 Å². The Morgan fingerprint density at radius 3 is 2.37 bits per heavy atom. The Bertz CT molecular complexity index is 936. The number of amides is 2. The molecule has 1 heterocycles. The van der Waals surface area contributed by atoms with Crippen LogP contribution in [0, 0.1) is 0 Å². The topological polar surface area (TPSA) is 61.9 Å². The number of para-hydroxylation sites is 2. The van der Waals surface area contributed by atoms with Gasteiger partial charge in [-0.2, -0.15) is 0 Å². The fourth-order valence-corrected chi connectivity index (χ4v) is 3.00. The van der Waals surface area contributed by atoms with E-state index in [0.29, 0.717) is 11.4 Å². The summed E-state index contributed by atoms with van der Waals surface area (Å²) >= 11 is 5.22. The third kappa shape index (κ3) is 3.68. The van der Waals surface area contributed by atoms with Gasteiger partial charge in [0.15, 0.2) is 5.11 Å². The summed E-state index contributed by atoms with van der Waals surface area (Å²) in [6.45, 7) is 0. The van der Waals surface area contributed by atoms with Crippen LogP contribution >= 0.6 is 12.2 Å². The number of hydrogen-bond donors (Lipinski definition) is 1. The zero-order valence-corrected chi connectivity index (χ0v) is 16.0. The second kappa shape index (κ2) is 7.59. The summed E-state index contributed by atoms with van der Waals surface area (Å²) in [4.78, 5) is 28.7. The van der Waals surface area contributed by atoms with Crippen LogP contribution in [0.5, 0.6) is 5.75 Å².